The SMILES string of the molecule is CCCCCCCCCCCCCCCCCCCCCC(O)C(CO)NC(=O)CCCCCCCCCCCCCCCCCCCCCCOC(=O)CCCCCCCCCCCCC. The van der Waals surface area contributed by atoms with Crippen LogP contribution in [0.15, 0.2) is 0 Å². The zero-order chi connectivity index (χ0) is 48.6. The summed E-state index contributed by atoms with van der Waals surface area (Å²) in [5.74, 6) is -0.0212. The number of aliphatic hydroxyl groups excluding tert-OH is 2. The quantitative estimate of drug-likeness (QED) is 0.0417. The Hall–Kier alpha value is -1.14. The second-order valence-corrected chi connectivity index (χ2v) is 21.4. The van der Waals surface area contributed by atoms with Crippen LogP contribution in [0.5, 0.6) is 0 Å². The van der Waals surface area contributed by atoms with E-state index >= 15 is 0 Å². The molecule has 67 heavy (non-hydrogen) atoms. The molecular weight excluding hydrogens is 827 g/mol. The molecule has 0 radical (unpaired) electrons. The fourth-order valence-corrected chi connectivity index (χ4v) is 9.94. The fourth-order valence-electron chi connectivity index (χ4n) is 9.94. The van der Waals surface area contributed by atoms with E-state index in [2.05, 4.69) is 19.2 Å². The molecule has 0 aromatic rings. The summed E-state index contributed by atoms with van der Waals surface area (Å²) >= 11 is 0. The second kappa shape index (κ2) is 57.4. The predicted octanol–water partition coefficient (Wildman–Crippen LogP) is 19.1. The van der Waals surface area contributed by atoms with E-state index in [4.69, 9.17) is 4.74 Å². The maximum atomic E-state index is 12.5. The summed E-state index contributed by atoms with van der Waals surface area (Å²) < 4.78 is 5.47. The lowest BCUT2D eigenvalue weighted by atomic mass is 10.0. The Bertz CT molecular complexity index is 959. The highest BCUT2D eigenvalue weighted by atomic mass is 16.5. The largest absolute Gasteiger partial charge is 0.466 e. The number of rotatable bonds is 58. The fraction of sp³-hybridized carbons (Fsp3) is 0.967. The van der Waals surface area contributed by atoms with Gasteiger partial charge < -0.3 is 20.3 Å². The van der Waals surface area contributed by atoms with Gasteiger partial charge in [-0.1, -0.05) is 316 Å². The van der Waals surface area contributed by atoms with Crippen LogP contribution in [0.25, 0.3) is 0 Å². The van der Waals surface area contributed by atoms with E-state index in [0.29, 0.717) is 25.9 Å². The van der Waals surface area contributed by atoms with E-state index in [-0.39, 0.29) is 18.5 Å². The Morgan fingerprint density at radius 3 is 0.910 bits per heavy atom. The van der Waals surface area contributed by atoms with Gasteiger partial charge in [0.25, 0.3) is 0 Å². The van der Waals surface area contributed by atoms with Gasteiger partial charge in [0.2, 0.25) is 5.91 Å². The molecule has 6 heteroatoms. The molecule has 0 aliphatic carbocycles. The summed E-state index contributed by atoms with van der Waals surface area (Å²) in [6.45, 7) is 4.98. The minimum atomic E-state index is -0.665. The molecule has 0 fully saturated rings. The monoisotopic (exact) mass is 948 g/mol. The van der Waals surface area contributed by atoms with Crippen LogP contribution < -0.4 is 5.32 Å². The van der Waals surface area contributed by atoms with Crippen molar-refractivity contribution in [2.24, 2.45) is 0 Å². The van der Waals surface area contributed by atoms with Crippen molar-refractivity contribution >= 4 is 11.9 Å². The van der Waals surface area contributed by atoms with Gasteiger partial charge in [-0.15, -0.1) is 0 Å². The molecule has 0 saturated heterocycles. The van der Waals surface area contributed by atoms with Crippen LogP contribution in [0.3, 0.4) is 0 Å². The van der Waals surface area contributed by atoms with Gasteiger partial charge in [-0.25, -0.2) is 0 Å². The lowest BCUT2D eigenvalue weighted by Crippen LogP contribution is -2.45. The van der Waals surface area contributed by atoms with E-state index in [0.717, 1.165) is 38.5 Å². The lowest BCUT2D eigenvalue weighted by Gasteiger charge is -2.22. The van der Waals surface area contributed by atoms with Crippen molar-refractivity contribution in [2.45, 2.75) is 366 Å². The summed E-state index contributed by atoms with van der Waals surface area (Å²) in [5.41, 5.74) is 0. The van der Waals surface area contributed by atoms with Crippen molar-refractivity contribution in [1.29, 1.82) is 0 Å². The molecular formula is C61H121NO5. The first kappa shape index (κ1) is 65.9. The van der Waals surface area contributed by atoms with Crippen molar-refractivity contribution in [3.05, 3.63) is 0 Å². The minimum absolute atomic E-state index is 0.0114. The van der Waals surface area contributed by atoms with E-state index in [1.54, 1.807) is 0 Å². The summed E-state index contributed by atoms with van der Waals surface area (Å²) in [4.78, 5) is 24.5. The number of carbonyl (C=O) groups is 2. The number of unbranched alkanes of at least 4 members (excludes halogenated alkanes) is 47. The molecule has 0 bridgehead atoms. The maximum absolute atomic E-state index is 12.5. The van der Waals surface area contributed by atoms with E-state index in [1.807, 2.05) is 0 Å². The third-order valence-electron chi connectivity index (χ3n) is 14.7. The van der Waals surface area contributed by atoms with Gasteiger partial charge in [0.15, 0.2) is 0 Å². The van der Waals surface area contributed by atoms with Crippen LogP contribution in [-0.4, -0.2) is 47.4 Å². The molecule has 0 rings (SSSR count). The first-order valence-electron chi connectivity index (χ1n) is 30.8. The Morgan fingerprint density at radius 2 is 0.612 bits per heavy atom. The van der Waals surface area contributed by atoms with Crippen LogP contribution in [0.4, 0.5) is 0 Å². The van der Waals surface area contributed by atoms with Crippen LogP contribution >= 0.6 is 0 Å². The molecule has 2 atom stereocenters. The van der Waals surface area contributed by atoms with Crippen LogP contribution in [0.2, 0.25) is 0 Å². The third-order valence-corrected chi connectivity index (χ3v) is 14.7. The molecule has 6 nitrogen and oxygen atoms in total. The second-order valence-electron chi connectivity index (χ2n) is 21.4. The van der Waals surface area contributed by atoms with Gasteiger partial charge >= 0.3 is 5.97 Å². The molecule has 0 heterocycles. The number of esters is 1. The van der Waals surface area contributed by atoms with Gasteiger partial charge in [-0.3, -0.25) is 9.59 Å². The third kappa shape index (κ3) is 54.0. The number of ether oxygens (including phenoxy) is 1. The minimum Gasteiger partial charge on any atom is -0.466 e. The van der Waals surface area contributed by atoms with E-state index in [1.165, 1.54) is 283 Å². The Morgan fingerprint density at radius 1 is 0.358 bits per heavy atom. The molecule has 0 aromatic carbocycles. The van der Waals surface area contributed by atoms with Crippen molar-refractivity contribution in [3.8, 4) is 0 Å². The van der Waals surface area contributed by atoms with E-state index in [9.17, 15) is 19.8 Å². The number of aliphatic hydroxyl groups is 2. The normalized spacial score (nSPS) is 12.5. The summed E-state index contributed by atoms with van der Waals surface area (Å²) in [5, 5.41) is 23.4. The van der Waals surface area contributed by atoms with Crippen LogP contribution in [0, 0.1) is 0 Å². The number of carbonyl (C=O) groups excluding carboxylic acids is 2. The predicted molar refractivity (Wildman–Crippen MR) is 292 cm³/mol. The molecule has 0 saturated carbocycles. The maximum Gasteiger partial charge on any atom is 0.305 e. The van der Waals surface area contributed by atoms with E-state index < -0.39 is 12.1 Å². The lowest BCUT2D eigenvalue weighted by molar-refractivity contribution is -0.143. The molecule has 0 aromatic heterocycles. The van der Waals surface area contributed by atoms with Crippen LogP contribution in [-0.2, 0) is 14.3 Å². The average molecular weight is 949 g/mol. The van der Waals surface area contributed by atoms with Gasteiger partial charge in [-0.05, 0) is 25.7 Å². The number of amides is 1. The Kier molecular flexibility index (Phi) is 56.5. The Balaban J connectivity index is 3.39. The molecule has 2 unspecified atom stereocenters. The molecule has 3 N–H and O–H groups in total. The molecule has 0 aliphatic rings. The smallest absolute Gasteiger partial charge is 0.305 e. The van der Waals surface area contributed by atoms with Crippen molar-refractivity contribution in [2.75, 3.05) is 13.2 Å². The van der Waals surface area contributed by atoms with Gasteiger partial charge in [0.1, 0.15) is 0 Å². The molecule has 0 aliphatic heterocycles. The van der Waals surface area contributed by atoms with Gasteiger partial charge in [0, 0.05) is 12.8 Å². The zero-order valence-corrected chi connectivity index (χ0v) is 45.7. The topological polar surface area (TPSA) is 95.9 Å². The standard InChI is InChI=1S/C61H121NO5/c1-3-5-7-9-11-13-15-16-17-18-21-24-27-30-34-37-41-45-49-53-59(64)58(57-63)62-60(65)54-50-46-42-38-35-31-28-25-22-19-20-23-26-29-32-36-40-44-48-52-56-67-61(66)55-51-47-43-39-33-14-12-10-8-6-4-2/h58-59,63-64H,3-57H2,1-2H3,(H,62,65). The van der Waals surface area contributed by atoms with Gasteiger partial charge in [-0.2, -0.15) is 0 Å². The number of hydrogen-bond donors (Lipinski definition) is 3. The molecule has 0 spiro atoms. The average Bonchev–Trinajstić information content (AvgIpc) is 3.33. The highest BCUT2D eigenvalue weighted by Crippen LogP contribution is 2.18. The number of hydrogen-bond acceptors (Lipinski definition) is 5. The zero-order valence-electron chi connectivity index (χ0n) is 45.7. The van der Waals surface area contributed by atoms with Crippen molar-refractivity contribution in [3.63, 3.8) is 0 Å². The molecule has 1 amide bonds. The Labute approximate surface area is 419 Å². The van der Waals surface area contributed by atoms with Crippen LogP contribution in [0.1, 0.15) is 354 Å². The highest BCUT2D eigenvalue weighted by molar-refractivity contribution is 5.76. The summed E-state index contributed by atoms with van der Waals surface area (Å²) in [6.07, 6.45) is 66.8. The van der Waals surface area contributed by atoms with Crippen molar-refractivity contribution < 1.29 is 24.5 Å². The first-order valence-corrected chi connectivity index (χ1v) is 30.8. The van der Waals surface area contributed by atoms with Crippen molar-refractivity contribution in [1.82, 2.24) is 5.32 Å². The summed E-state index contributed by atoms with van der Waals surface area (Å²) in [7, 11) is 0. The summed E-state index contributed by atoms with van der Waals surface area (Å²) in [6, 6.07) is -0.542. The highest BCUT2D eigenvalue weighted by Gasteiger charge is 2.20. The molecule has 400 valence electrons. The van der Waals surface area contributed by atoms with Gasteiger partial charge in [0.05, 0.1) is 25.4 Å². The first-order chi connectivity index (χ1) is 33.0. The number of nitrogens with one attached hydrogen (secondary N) is 1.